The van der Waals surface area contributed by atoms with Crippen molar-refractivity contribution in [2.75, 3.05) is 6.61 Å². The second kappa shape index (κ2) is 9.36. The predicted octanol–water partition coefficient (Wildman–Crippen LogP) is 2.68. The molecule has 6 heteroatoms. The Morgan fingerprint density at radius 2 is 1.92 bits per heavy atom. The lowest BCUT2D eigenvalue weighted by molar-refractivity contribution is -0.169. The molecule has 3 unspecified atom stereocenters. The van der Waals surface area contributed by atoms with E-state index in [2.05, 4.69) is 0 Å². The van der Waals surface area contributed by atoms with Gasteiger partial charge in [0.2, 0.25) is 0 Å². The molecule has 3 atom stereocenters. The highest BCUT2D eigenvalue weighted by molar-refractivity contribution is 5.77. The average molecular weight is 362 g/mol. The molecule has 26 heavy (non-hydrogen) atoms. The molecule has 0 radical (unpaired) electrons. The molecule has 142 valence electrons. The number of benzene rings is 1. The molecular weight excluding hydrogens is 336 g/mol. The van der Waals surface area contributed by atoms with E-state index in [0.29, 0.717) is 12.8 Å². The molecular formula is C20H26O6. The van der Waals surface area contributed by atoms with Crippen LogP contribution >= 0.6 is 0 Å². The highest BCUT2D eigenvalue weighted by Crippen LogP contribution is 2.23. The molecule has 1 aromatic rings. The first kappa shape index (κ1) is 19.9. The molecule has 0 amide bonds. The number of cyclic esters (lactones) is 2. The van der Waals surface area contributed by atoms with E-state index in [4.69, 9.17) is 14.2 Å². The summed E-state index contributed by atoms with van der Waals surface area (Å²) in [5, 5.41) is 0. The van der Waals surface area contributed by atoms with Gasteiger partial charge in [0.1, 0.15) is 24.7 Å². The minimum atomic E-state index is -0.878. The fourth-order valence-corrected chi connectivity index (χ4v) is 2.69. The zero-order valence-electron chi connectivity index (χ0n) is 15.5. The lowest BCUT2D eigenvalue weighted by atomic mass is 9.94. The Kier molecular flexibility index (Phi) is 7.18. The fourth-order valence-electron chi connectivity index (χ4n) is 2.69. The normalized spacial score (nSPS) is 24.1. The van der Waals surface area contributed by atoms with Gasteiger partial charge in [0.05, 0.1) is 12.3 Å². The number of ether oxygens (including phenoxy) is 3. The highest BCUT2D eigenvalue weighted by Gasteiger charge is 2.37. The second-order valence-electron chi connectivity index (χ2n) is 6.78. The zero-order chi connectivity index (χ0) is 19.1. The van der Waals surface area contributed by atoms with E-state index in [9.17, 15) is 14.4 Å². The Hall–Kier alpha value is -2.37. The maximum absolute atomic E-state index is 12.8. The van der Waals surface area contributed by atoms with E-state index in [0.717, 1.165) is 5.56 Å². The van der Waals surface area contributed by atoms with E-state index in [-0.39, 0.29) is 18.9 Å². The molecule has 1 heterocycles. The summed E-state index contributed by atoms with van der Waals surface area (Å²) in [4.78, 5) is 36.8. The van der Waals surface area contributed by atoms with Crippen LogP contribution < -0.4 is 0 Å². The molecule has 2 rings (SSSR count). The summed E-state index contributed by atoms with van der Waals surface area (Å²) in [6, 6.07) is 9.42. The van der Waals surface area contributed by atoms with E-state index in [1.54, 1.807) is 13.8 Å². The Morgan fingerprint density at radius 3 is 2.54 bits per heavy atom. The summed E-state index contributed by atoms with van der Waals surface area (Å²) in [6.07, 6.45) is -0.561. The molecule has 1 aliphatic heterocycles. The molecule has 0 N–H and O–H groups in total. The fraction of sp³-hybridized carbons (Fsp3) is 0.550. The summed E-state index contributed by atoms with van der Waals surface area (Å²) < 4.78 is 16.3. The summed E-state index contributed by atoms with van der Waals surface area (Å²) in [7, 11) is 0. The van der Waals surface area contributed by atoms with Crippen LogP contribution in [-0.2, 0) is 35.0 Å². The average Bonchev–Trinajstić information content (AvgIpc) is 2.67. The topological polar surface area (TPSA) is 78.9 Å². The Bertz CT molecular complexity index is 624. The van der Waals surface area contributed by atoms with Gasteiger partial charge in [-0.1, -0.05) is 51.1 Å². The lowest BCUT2D eigenvalue weighted by Crippen LogP contribution is -2.39. The monoisotopic (exact) mass is 362 g/mol. The number of hydrogen-bond donors (Lipinski definition) is 0. The van der Waals surface area contributed by atoms with Crippen LogP contribution in [-0.4, -0.2) is 36.7 Å². The molecule has 0 bridgehead atoms. The van der Waals surface area contributed by atoms with Crippen molar-refractivity contribution in [1.82, 2.24) is 0 Å². The van der Waals surface area contributed by atoms with Crippen LogP contribution in [0.5, 0.6) is 0 Å². The molecule has 1 saturated heterocycles. The van der Waals surface area contributed by atoms with Gasteiger partial charge in [-0.25, -0.2) is 0 Å². The van der Waals surface area contributed by atoms with E-state index >= 15 is 0 Å². The number of hydrogen-bond acceptors (Lipinski definition) is 6. The third-order valence-electron chi connectivity index (χ3n) is 4.33. The first-order chi connectivity index (χ1) is 12.4. The van der Waals surface area contributed by atoms with Crippen LogP contribution in [0.15, 0.2) is 30.3 Å². The van der Waals surface area contributed by atoms with Gasteiger partial charge >= 0.3 is 17.9 Å². The smallest absolute Gasteiger partial charge is 0.313 e. The number of carbonyl (C=O) groups excluding carboxylic acids is 3. The van der Waals surface area contributed by atoms with Crippen LogP contribution in [0.1, 0.15) is 39.2 Å². The van der Waals surface area contributed by atoms with Crippen molar-refractivity contribution in [1.29, 1.82) is 0 Å². The minimum absolute atomic E-state index is 0.00510. The van der Waals surface area contributed by atoms with E-state index in [1.807, 2.05) is 37.3 Å². The predicted molar refractivity (Wildman–Crippen MR) is 94.1 cm³/mol. The molecule has 6 nitrogen and oxygen atoms in total. The van der Waals surface area contributed by atoms with Crippen molar-refractivity contribution in [3.8, 4) is 0 Å². The van der Waals surface area contributed by atoms with Gasteiger partial charge in [-0.3, -0.25) is 14.4 Å². The van der Waals surface area contributed by atoms with E-state index < -0.39 is 36.0 Å². The number of rotatable bonds is 5. The van der Waals surface area contributed by atoms with Gasteiger partial charge < -0.3 is 14.2 Å². The van der Waals surface area contributed by atoms with Crippen molar-refractivity contribution < 1.29 is 28.6 Å². The first-order valence-corrected chi connectivity index (χ1v) is 9.01. The summed E-state index contributed by atoms with van der Waals surface area (Å²) in [5.74, 6) is -2.46. The van der Waals surface area contributed by atoms with Crippen molar-refractivity contribution >= 4 is 17.9 Å². The van der Waals surface area contributed by atoms with Crippen LogP contribution in [0.4, 0.5) is 0 Å². The minimum Gasteiger partial charge on any atom is -0.462 e. The van der Waals surface area contributed by atoms with Crippen molar-refractivity contribution in [3.05, 3.63) is 35.9 Å². The SMILES string of the molecule is CCC1CC(=O)OCC(OC(=O)C(C)C)C(Cc2ccccc2)C(=O)O1. The maximum Gasteiger partial charge on any atom is 0.313 e. The molecule has 0 saturated carbocycles. The quantitative estimate of drug-likeness (QED) is 0.592. The van der Waals surface area contributed by atoms with E-state index in [1.165, 1.54) is 0 Å². The maximum atomic E-state index is 12.8. The number of carbonyl (C=O) groups is 3. The van der Waals surface area contributed by atoms with Crippen LogP contribution in [0, 0.1) is 11.8 Å². The zero-order valence-corrected chi connectivity index (χ0v) is 15.5. The summed E-state index contributed by atoms with van der Waals surface area (Å²) >= 11 is 0. The van der Waals surface area contributed by atoms with Gasteiger partial charge in [0.15, 0.2) is 0 Å². The standard InChI is InChI=1S/C20H26O6/c1-4-15-11-18(21)24-12-17(26-19(22)13(2)3)16(20(23)25-15)10-14-8-6-5-7-9-14/h5-9,13,15-17H,4,10-12H2,1-3H3. The lowest BCUT2D eigenvalue weighted by Gasteiger charge is -2.26. The summed E-state index contributed by atoms with van der Waals surface area (Å²) in [6.45, 7) is 5.11. The summed E-state index contributed by atoms with van der Waals surface area (Å²) in [5.41, 5.74) is 0.915. The largest absolute Gasteiger partial charge is 0.462 e. The van der Waals surface area contributed by atoms with Gasteiger partial charge in [-0.15, -0.1) is 0 Å². The van der Waals surface area contributed by atoms with Crippen molar-refractivity contribution in [2.24, 2.45) is 11.8 Å². The molecule has 1 aromatic carbocycles. The molecule has 0 aliphatic carbocycles. The Morgan fingerprint density at radius 1 is 1.23 bits per heavy atom. The van der Waals surface area contributed by atoms with Gasteiger partial charge in [-0.2, -0.15) is 0 Å². The van der Waals surface area contributed by atoms with Gasteiger partial charge in [0.25, 0.3) is 0 Å². The molecule has 0 aromatic heterocycles. The number of esters is 3. The van der Waals surface area contributed by atoms with Gasteiger partial charge in [-0.05, 0) is 18.4 Å². The van der Waals surface area contributed by atoms with Crippen molar-refractivity contribution in [2.45, 2.75) is 52.2 Å². The second-order valence-corrected chi connectivity index (χ2v) is 6.78. The molecule has 1 fully saturated rings. The van der Waals surface area contributed by atoms with Crippen LogP contribution in [0.2, 0.25) is 0 Å². The van der Waals surface area contributed by atoms with Crippen LogP contribution in [0.3, 0.4) is 0 Å². The Balaban J connectivity index is 2.28. The Labute approximate surface area is 153 Å². The molecule has 0 spiro atoms. The van der Waals surface area contributed by atoms with Crippen molar-refractivity contribution in [3.63, 3.8) is 0 Å². The third kappa shape index (κ3) is 5.58. The first-order valence-electron chi connectivity index (χ1n) is 9.01. The van der Waals surface area contributed by atoms with Crippen LogP contribution in [0.25, 0.3) is 0 Å². The third-order valence-corrected chi connectivity index (χ3v) is 4.33. The highest BCUT2D eigenvalue weighted by atomic mass is 16.6. The van der Waals surface area contributed by atoms with Gasteiger partial charge in [0, 0.05) is 0 Å². The molecule has 1 aliphatic rings.